The number of carbonyl (C=O) groups excluding carboxylic acids is 1. The highest BCUT2D eigenvalue weighted by atomic mass is 35.5. The monoisotopic (exact) mass is 411 g/mol. The van der Waals surface area contributed by atoms with E-state index in [4.69, 9.17) is 11.6 Å². The van der Waals surface area contributed by atoms with Crippen LogP contribution in [0.5, 0.6) is 0 Å². The number of aromatic nitrogens is 2. The van der Waals surface area contributed by atoms with Crippen LogP contribution in [-0.2, 0) is 30.4 Å². The van der Waals surface area contributed by atoms with Crippen molar-refractivity contribution in [3.8, 4) is 0 Å². The van der Waals surface area contributed by atoms with Gasteiger partial charge in [0.2, 0.25) is 5.91 Å². The Bertz CT molecular complexity index is 876. The lowest BCUT2D eigenvalue weighted by Gasteiger charge is -2.26. The molecule has 0 spiro atoms. The molecule has 2 heterocycles. The fourth-order valence-corrected chi connectivity index (χ4v) is 4.47. The molecule has 1 aromatic carbocycles. The summed E-state index contributed by atoms with van der Waals surface area (Å²) < 4.78 is 41.4. The van der Waals surface area contributed by atoms with Crippen molar-refractivity contribution in [3.05, 3.63) is 51.8 Å². The average Bonchev–Trinajstić information content (AvgIpc) is 3.28. The van der Waals surface area contributed by atoms with Crippen molar-refractivity contribution in [2.45, 2.75) is 57.3 Å². The summed E-state index contributed by atoms with van der Waals surface area (Å²) in [5.74, 6) is -0.193. The molecule has 150 valence electrons. The Morgan fingerprint density at radius 3 is 2.57 bits per heavy atom. The van der Waals surface area contributed by atoms with E-state index >= 15 is 0 Å². The van der Waals surface area contributed by atoms with Crippen LogP contribution in [0.15, 0.2) is 24.3 Å². The first-order chi connectivity index (χ1) is 13.3. The highest BCUT2D eigenvalue weighted by Gasteiger charge is 2.40. The van der Waals surface area contributed by atoms with Gasteiger partial charge in [0.1, 0.15) is 6.54 Å². The molecule has 0 unspecified atom stereocenters. The van der Waals surface area contributed by atoms with E-state index in [0.29, 0.717) is 30.1 Å². The molecule has 1 saturated heterocycles. The van der Waals surface area contributed by atoms with Crippen molar-refractivity contribution < 1.29 is 18.0 Å². The third-order valence-corrected chi connectivity index (χ3v) is 5.89. The molecule has 2 aromatic rings. The van der Waals surface area contributed by atoms with E-state index in [9.17, 15) is 18.0 Å². The van der Waals surface area contributed by atoms with Gasteiger partial charge in [-0.3, -0.25) is 9.48 Å². The van der Waals surface area contributed by atoms with Crippen LogP contribution >= 0.6 is 11.6 Å². The maximum atomic E-state index is 13.4. The molecule has 0 N–H and O–H groups in total. The summed E-state index contributed by atoms with van der Waals surface area (Å²) in [7, 11) is 0. The van der Waals surface area contributed by atoms with Gasteiger partial charge < -0.3 is 4.90 Å². The Morgan fingerprint density at radius 2 is 1.86 bits per heavy atom. The van der Waals surface area contributed by atoms with Crippen molar-refractivity contribution in [1.82, 2.24) is 14.7 Å². The molecule has 1 aliphatic carbocycles. The number of benzene rings is 1. The molecule has 4 nitrogen and oxygen atoms in total. The van der Waals surface area contributed by atoms with Crippen LogP contribution in [0, 0.1) is 0 Å². The number of hydrogen-bond acceptors (Lipinski definition) is 2. The normalized spacial score (nSPS) is 19.7. The minimum absolute atomic E-state index is 0.0711. The molecule has 0 radical (unpaired) electrons. The minimum atomic E-state index is -4.49. The fourth-order valence-electron chi connectivity index (χ4n) is 4.34. The number of alkyl halides is 3. The molecule has 8 heteroatoms. The number of halogens is 4. The summed E-state index contributed by atoms with van der Waals surface area (Å²) in [4.78, 5) is 14.7. The van der Waals surface area contributed by atoms with Gasteiger partial charge in [0.05, 0.1) is 6.04 Å². The number of nitrogens with zero attached hydrogens (tertiary/aromatic N) is 3. The van der Waals surface area contributed by atoms with Gasteiger partial charge in [-0.15, -0.1) is 0 Å². The molecule has 0 bridgehead atoms. The molecule has 1 amide bonds. The Hall–Kier alpha value is -2.02. The van der Waals surface area contributed by atoms with E-state index in [1.165, 1.54) is 4.68 Å². The quantitative estimate of drug-likeness (QED) is 0.727. The molecule has 2 aliphatic rings. The molecular formula is C20H21ClF3N3O. The van der Waals surface area contributed by atoms with E-state index in [1.807, 2.05) is 12.1 Å². The Kier molecular flexibility index (Phi) is 5.12. The van der Waals surface area contributed by atoms with Gasteiger partial charge in [0, 0.05) is 22.8 Å². The van der Waals surface area contributed by atoms with E-state index in [1.54, 1.807) is 17.0 Å². The predicted molar refractivity (Wildman–Crippen MR) is 99.0 cm³/mol. The van der Waals surface area contributed by atoms with Crippen LogP contribution in [0.1, 0.15) is 54.2 Å². The number of rotatable bonds is 3. The first-order valence-electron chi connectivity index (χ1n) is 9.55. The van der Waals surface area contributed by atoms with E-state index < -0.39 is 11.9 Å². The zero-order chi connectivity index (χ0) is 19.9. The summed E-state index contributed by atoms with van der Waals surface area (Å²) in [5, 5.41) is 4.44. The molecule has 4 rings (SSSR count). The lowest BCUT2D eigenvalue weighted by molar-refractivity contribution is -0.142. The number of carbonyl (C=O) groups is 1. The van der Waals surface area contributed by atoms with Crippen molar-refractivity contribution in [2.24, 2.45) is 0 Å². The largest absolute Gasteiger partial charge is 0.435 e. The Labute approximate surface area is 166 Å². The number of likely N-dealkylation sites (tertiary alicyclic amines) is 1. The second kappa shape index (κ2) is 7.43. The van der Waals surface area contributed by atoms with E-state index in [2.05, 4.69) is 5.10 Å². The smallest absolute Gasteiger partial charge is 0.334 e. The lowest BCUT2D eigenvalue weighted by Crippen LogP contribution is -2.34. The number of hydrogen-bond donors (Lipinski definition) is 0. The maximum Gasteiger partial charge on any atom is 0.435 e. The van der Waals surface area contributed by atoms with Gasteiger partial charge in [-0.1, -0.05) is 23.7 Å². The molecule has 1 fully saturated rings. The average molecular weight is 412 g/mol. The SMILES string of the molecule is O=C(Cn1nc(C(F)(F)F)c2c1CCCC2)N1CCC[C@H]1c1ccc(Cl)cc1. The Balaban J connectivity index is 1.58. The van der Waals surface area contributed by atoms with Crippen molar-refractivity contribution in [3.63, 3.8) is 0 Å². The van der Waals surface area contributed by atoms with Gasteiger partial charge in [-0.05, 0) is 56.2 Å². The summed E-state index contributed by atoms with van der Waals surface area (Å²) in [6.45, 7) is 0.449. The highest BCUT2D eigenvalue weighted by molar-refractivity contribution is 6.30. The molecule has 1 aliphatic heterocycles. The second-order valence-electron chi connectivity index (χ2n) is 7.43. The third kappa shape index (κ3) is 3.64. The van der Waals surface area contributed by atoms with Gasteiger partial charge in [-0.25, -0.2) is 0 Å². The van der Waals surface area contributed by atoms with Crippen LogP contribution < -0.4 is 0 Å². The molecular weight excluding hydrogens is 391 g/mol. The van der Waals surface area contributed by atoms with Crippen molar-refractivity contribution in [2.75, 3.05) is 6.54 Å². The van der Waals surface area contributed by atoms with E-state index in [0.717, 1.165) is 31.2 Å². The molecule has 0 saturated carbocycles. The van der Waals surface area contributed by atoms with Crippen LogP contribution in [0.3, 0.4) is 0 Å². The van der Waals surface area contributed by atoms with Crippen molar-refractivity contribution in [1.29, 1.82) is 0 Å². The topological polar surface area (TPSA) is 38.1 Å². The summed E-state index contributed by atoms with van der Waals surface area (Å²) in [6, 6.07) is 7.30. The van der Waals surface area contributed by atoms with Gasteiger partial charge in [-0.2, -0.15) is 18.3 Å². The van der Waals surface area contributed by atoms with E-state index in [-0.39, 0.29) is 24.1 Å². The zero-order valence-corrected chi connectivity index (χ0v) is 16.1. The zero-order valence-electron chi connectivity index (χ0n) is 15.3. The first kappa shape index (κ1) is 19.3. The van der Waals surface area contributed by atoms with Crippen LogP contribution in [-0.4, -0.2) is 27.1 Å². The van der Waals surface area contributed by atoms with Crippen LogP contribution in [0.2, 0.25) is 5.02 Å². The van der Waals surface area contributed by atoms with Crippen LogP contribution in [0.25, 0.3) is 0 Å². The van der Waals surface area contributed by atoms with Crippen molar-refractivity contribution >= 4 is 17.5 Å². The molecule has 1 atom stereocenters. The summed E-state index contributed by atoms with van der Waals surface area (Å²) in [5.41, 5.74) is 0.996. The second-order valence-corrected chi connectivity index (χ2v) is 7.87. The Morgan fingerprint density at radius 1 is 1.14 bits per heavy atom. The summed E-state index contributed by atoms with van der Waals surface area (Å²) >= 11 is 5.95. The third-order valence-electron chi connectivity index (χ3n) is 5.64. The number of fused-ring (bicyclic) bond motifs is 1. The highest BCUT2D eigenvalue weighted by Crippen LogP contribution is 2.36. The summed E-state index contributed by atoms with van der Waals surface area (Å²) in [6.07, 6.45) is -0.346. The lowest BCUT2D eigenvalue weighted by atomic mass is 9.95. The standard InChI is InChI=1S/C20H21ClF3N3O/c21-14-9-7-13(8-10-14)16-6-3-11-26(16)18(28)12-27-17-5-2-1-4-15(17)19(25-27)20(22,23)24/h7-10,16H,1-6,11-12H2/t16-/m0/s1. The minimum Gasteiger partial charge on any atom is -0.334 e. The number of amides is 1. The molecule has 1 aromatic heterocycles. The maximum absolute atomic E-state index is 13.4. The van der Waals surface area contributed by atoms with Crippen LogP contribution in [0.4, 0.5) is 13.2 Å². The predicted octanol–water partition coefficient (Wildman–Crippen LogP) is 4.80. The van der Waals surface area contributed by atoms with Gasteiger partial charge in [0.15, 0.2) is 5.69 Å². The first-order valence-corrected chi connectivity index (χ1v) is 9.93. The fraction of sp³-hybridized carbons (Fsp3) is 0.500. The van der Waals surface area contributed by atoms with Gasteiger partial charge >= 0.3 is 6.18 Å². The molecule has 28 heavy (non-hydrogen) atoms. The van der Waals surface area contributed by atoms with Gasteiger partial charge in [0.25, 0.3) is 0 Å².